The number of aromatic nitrogens is 1. The van der Waals surface area contributed by atoms with Crippen LogP contribution in [0.15, 0.2) is 17.2 Å². The molecule has 1 fully saturated rings. The number of rotatable bonds is 3. The average Bonchev–Trinajstić information content (AvgIpc) is 2.37. The quantitative estimate of drug-likeness (QED) is 0.657. The number of sulfonamides is 1. The molecule has 1 aromatic heterocycles. The summed E-state index contributed by atoms with van der Waals surface area (Å²) in [5.74, 6) is 5.50. The predicted molar refractivity (Wildman–Crippen MR) is 78.9 cm³/mol. The monoisotopic (exact) mass is 318 g/mol. The normalized spacial score (nSPS) is 18.3. The second-order valence-corrected chi connectivity index (χ2v) is 7.16. The Kier molecular flexibility index (Phi) is 5.20. The molecule has 0 spiro atoms. The molecular weight excluding hydrogens is 300 g/mol. The first-order valence-corrected chi connectivity index (χ1v) is 8.50. The largest absolute Gasteiger partial charge is 0.307 e. The fourth-order valence-corrected chi connectivity index (χ4v) is 4.05. The maximum absolute atomic E-state index is 12.6. The molecule has 112 valence electrons. The van der Waals surface area contributed by atoms with Gasteiger partial charge in [0.25, 0.3) is 0 Å². The van der Waals surface area contributed by atoms with Crippen molar-refractivity contribution in [2.24, 2.45) is 5.84 Å². The van der Waals surface area contributed by atoms with Crippen LogP contribution < -0.4 is 11.3 Å². The van der Waals surface area contributed by atoms with Crippen molar-refractivity contribution in [2.75, 3.05) is 18.5 Å². The minimum absolute atomic E-state index is 0.113. The van der Waals surface area contributed by atoms with Gasteiger partial charge in [-0.1, -0.05) is 30.9 Å². The number of halogens is 1. The third-order valence-corrected chi connectivity index (χ3v) is 5.56. The molecule has 0 saturated carbocycles. The van der Waals surface area contributed by atoms with E-state index in [9.17, 15) is 8.42 Å². The molecule has 0 radical (unpaired) electrons. The van der Waals surface area contributed by atoms with E-state index in [1.165, 1.54) is 23.0 Å². The van der Waals surface area contributed by atoms with Crippen molar-refractivity contribution in [3.63, 3.8) is 0 Å². The first-order valence-electron chi connectivity index (χ1n) is 6.68. The summed E-state index contributed by atoms with van der Waals surface area (Å²) < 4.78 is 26.7. The van der Waals surface area contributed by atoms with Crippen molar-refractivity contribution >= 4 is 27.4 Å². The molecular formula is C12H19ClN4O2S. The van der Waals surface area contributed by atoms with E-state index in [0.717, 1.165) is 25.7 Å². The number of hydrogen-bond acceptors (Lipinski definition) is 5. The third kappa shape index (κ3) is 3.41. The molecule has 0 aliphatic carbocycles. The van der Waals surface area contributed by atoms with Gasteiger partial charge in [0.15, 0.2) is 5.82 Å². The summed E-state index contributed by atoms with van der Waals surface area (Å²) in [5.41, 5.74) is 2.32. The zero-order valence-corrected chi connectivity index (χ0v) is 12.8. The highest BCUT2D eigenvalue weighted by Crippen LogP contribution is 2.25. The molecule has 3 N–H and O–H groups in total. The molecule has 0 unspecified atom stereocenters. The number of nitrogens with two attached hydrogens (primary N) is 1. The molecule has 1 aliphatic heterocycles. The third-order valence-electron chi connectivity index (χ3n) is 3.41. The van der Waals surface area contributed by atoms with Gasteiger partial charge in [-0.25, -0.2) is 19.2 Å². The molecule has 1 saturated heterocycles. The Hall–Kier alpha value is -0.890. The first-order chi connectivity index (χ1) is 9.55. The van der Waals surface area contributed by atoms with Crippen molar-refractivity contribution in [3.8, 4) is 0 Å². The molecule has 2 rings (SSSR count). The van der Waals surface area contributed by atoms with Gasteiger partial charge in [0, 0.05) is 19.3 Å². The summed E-state index contributed by atoms with van der Waals surface area (Å²) >= 11 is 5.94. The van der Waals surface area contributed by atoms with Gasteiger partial charge in [-0.3, -0.25) is 0 Å². The van der Waals surface area contributed by atoms with Crippen LogP contribution in [-0.4, -0.2) is 30.8 Å². The van der Waals surface area contributed by atoms with E-state index < -0.39 is 10.0 Å². The van der Waals surface area contributed by atoms with E-state index in [-0.39, 0.29) is 15.7 Å². The smallest absolute Gasteiger partial charge is 0.244 e. The molecule has 8 heteroatoms. The van der Waals surface area contributed by atoms with Gasteiger partial charge < -0.3 is 5.43 Å². The highest BCUT2D eigenvalue weighted by Gasteiger charge is 2.25. The maximum Gasteiger partial charge on any atom is 0.244 e. The maximum atomic E-state index is 12.6. The van der Waals surface area contributed by atoms with Crippen LogP contribution in [0.4, 0.5) is 5.82 Å². The van der Waals surface area contributed by atoms with E-state index in [2.05, 4.69) is 10.4 Å². The average molecular weight is 319 g/mol. The Labute approximate surface area is 124 Å². The van der Waals surface area contributed by atoms with Crippen LogP contribution in [0, 0.1) is 0 Å². The van der Waals surface area contributed by atoms with Gasteiger partial charge in [-0.15, -0.1) is 0 Å². The minimum atomic E-state index is -3.53. The van der Waals surface area contributed by atoms with Crippen molar-refractivity contribution in [1.29, 1.82) is 0 Å². The molecule has 0 atom stereocenters. The number of nitrogens with one attached hydrogen (secondary N) is 1. The van der Waals surface area contributed by atoms with E-state index in [4.69, 9.17) is 17.4 Å². The molecule has 1 aliphatic rings. The van der Waals surface area contributed by atoms with E-state index in [0.29, 0.717) is 13.1 Å². The van der Waals surface area contributed by atoms with Crippen LogP contribution in [0.25, 0.3) is 0 Å². The summed E-state index contributed by atoms with van der Waals surface area (Å²) in [7, 11) is -3.53. The van der Waals surface area contributed by atoms with Crippen molar-refractivity contribution in [2.45, 2.75) is 37.0 Å². The molecule has 2 heterocycles. The zero-order chi connectivity index (χ0) is 14.6. The van der Waals surface area contributed by atoms with Crippen LogP contribution in [0.2, 0.25) is 5.02 Å². The standard InChI is InChI=1S/C12H19ClN4O2S/c13-11-8-10(9-15-12(11)16-14)20(18,19)17-6-4-2-1-3-5-7-17/h8-9H,1-7,14H2,(H,15,16). The molecule has 20 heavy (non-hydrogen) atoms. The van der Waals surface area contributed by atoms with Crippen molar-refractivity contribution in [3.05, 3.63) is 17.3 Å². The van der Waals surface area contributed by atoms with Crippen LogP contribution >= 0.6 is 11.6 Å². The van der Waals surface area contributed by atoms with Crippen LogP contribution in [0.1, 0.15) is 32.1 Å². The second kappa shape index (κ2) is 6.71. The number of nitrogens with zero attached hydrogens (tertiary/aromatic N) is 2. The van der Waals surface area contributed by atoms with Crippen LogP contribution in [-0.2, 0) is 10.0 Å². The lowest BCUT2D eigenvalue weighted by Crippen LogP contribution is -2.34. The van der Waals surface area contributed by atoms with E-state index in [1.807, 2.05) is 0 Å². The Morgan fingerprint density at radius 3 is 2.35 bits per heavy atom. The number of anilines is 1. The number of hydrogen-bond donors (Lipinski definition) is 2. The highest BCUT2D eigenvalue weighted by atomic mass is 35.5. The van der Waals surface area contributed by atoms with Gasteiger partial charge >= 0.3 is 0 Å². The number of pyridine rings is 1. The van der Waals surface area contributed by atoms with Crippen molar-refractivity contribution in [1.82, 2.24) is 9.29 Å². The summed E-state index contributed by atoms with van der Waals surface area (Å²) in [4.78, 5) is 4.04. The molecule has 1 aromatic rings. The summed E-state index contributed by atoms with van der Waals surface area (Å²) in [5, 5.41) is 0.195. The SMILES string of the molecule is NNc1ncc(S(=O)(=O)N2CCCCCCC2)cc1Cl. The van der Waals surface area contributed by atoms with Crippen LogP contribution in [0.3, 0.4) is 0 Å². The lowest BCUT2D eigenvalue weighted by molar-refractivity contribution is 0.364. The van der Waals surface area contributed by atoms with Crippen LogP contribution in [0.5, 0.6) is 0 Å². The Morgan fingerprint density at radius 1 is 1.20 bits per heavy atom. The molecule has 0 bridgehead atoms. The Bertz CT molecular complexity index is 557. The number of nitrogen functional groups attached to an aromatic ring is 1. The first kappa shape index (κ1) is 15.5. The molecule has 0 amide bonds. The summed E-state index contributed by atoms with van der Waals surface area (Å²) in [6.45, 7) is 1.10. The van der Waals surface area contributed by atoms with Gasteiger partial charge in [0.1, 0.15) is 4.90 Å². The fraction of sp³-hybridized carbons (Fsp3) is 0.583. The van der Waals surface area contributed by atoms with Crippen molar-refractivity contribution < 1.29 is 8.42 Å². The summed E-state index contributed by atoms with van der Waals surface area (Å²) in [6, 6.07) is 1.39. The zero-order valence-electron chi connectivity index (χ0n) is 11.2. The fourth-order valence-electron chi connectivity index (χ4n) is 2.28. The Balaban J connectivity index is 2.26. The van der Waals surface area contributed by atoms with Gasteiger partial charge in [0.05, 0.1) is 5.02 Å². The van der Waals surface area contributed by atoms with Gasteiger partial charge in [0.2, 0.25) is 10.0 Å². The molecule has 6 nitrogen and oxygen atoms in total. The number of hydrazine groups is 1. The molecule has 0 aromatic carbocycles. The van der Waals surface area contributed by atoms with E-state index in [1.54, 1.807) is 0 Å². The lowest BCUT2D eigenvalue weighted by Gasteiger charge is -2.24. The summed E-state index contributed by atoms with van der Waals surface area (Å²) in [6.07, 6.45) is 6.39. The topological polar surface area (TPSA) is 88.3 Å². The Morgan fingerprint density at radius 2 is 1.80 bits per heavy atom. The van der Waals surface area contributed by atoms with Gasteiger partial charge in [-0.05, 0) is 18.9 Å². The highest BCUT2D eigenvalue weighted by molar-refractivity contribution is 7.89. The minimum Gasteiger partial charge on any atom is -0.307 e. The predicted octanol–water partition coefficient (Wildman–Crippen LogP) is 1.98. The second-order valence-electron chi connectivity index (χ2n) is 4.82. The van der Waals surface area contributed by atoms with Gasteiger partial charge in [-0.2, -0.15) is 4.31 Å². The lowest BCUT2D eigenvalue weighted by atomic mass is 10.1. The van der Waals surface area contributed by atoms with E-state index >= 15 is 0 Å².